The fraction of sp³-hybridized carbons (Fsp3) is 0.125. The number of amides is 1. The van der Waals surface area contributed by atoms with Gasteiger partial charge < -0.3 is 10.1 Å². The van der Waals surface area contributed by atoms with Crippen molar-refractivity contribution in [3.05, 3.63) is 63.7 Å². The number of ether oxygens (including phenoxy) is 1. The average Bonchev–Trinajstić information content (AvgIpc) is 2.48. The lowest BCUT2D eigenvalue weighted by molar-refractivity contribution is -0.384. The molecule has 118 valence electrons. The number of anilines is 1. The number of rotatable bonds is 4. The zero-order chi connectivity index (χ0) is 17.0. The third-order valence-corrected chi connectivity index (χ3v) is 3.05. The molecule has 1 N–H and O–H groups in total. The van der Waals surface area contributed by atoms with Gasteiger partial charge in [0.2, 0.25) is 0 Å². The number of carbonyl (C=O) groups is 2. The van der Waals surface area contributed by atoms with Crippen LogP contribution in [-0.2, 0) is 4.79 Å². The number of nitro benzene ring substituents is 1. The molecule has 0 fully saturated rings. The van der Waals surface area contributed by atoms with Gasteiger partial charge in [-0.05, 0) is 36.8 Å². The SMILES string of the molecule is CC(=O)Oc1ccc(NC(=O)c2cc([N+](=O)[O-])ccc2C)cc1. The van der Waals surface area contributed by atoms with Crippen molar-refractivity contribution in [3.8, 4) is 5.75 Å². The Morgan fingerprint density at radius 2 is 1.78 bits per heavy atom. The van der Waals surface area contributed by atoms with Gasteiger partial charge in [0.15, 0.2) is 0 Å². The summed E-state index contributed by atoms with van der Waals surface area (Å²) in [6, 6.07) is 10.3. The van der Waals surface area contributed by atoms with Crippen molar-refractivity contribution in [2.45, 2.75) is 13.8 Å². The molecule has 7 nitrogen and oxygen atoms in total. The number of nitrogens with one attached hydrogen (secondary N) is 1. The van der Waals surface area contributed by atoms with Crippen molar-refractivity contribution in [1.29, 1.82) is 0 Å². The van der Waals surface area contributed by atoms with Gasteiger partial charge in [-0.2, -0.15) is 0 Å². The van der Waals surface area contributed by atoms with Gasteiger partial charge in [0, 0.05) is 30.3 Å². The maximum absolute atomic E-state index is 12.3. The van der Waals surface area contributed by atoms with Crippen LogP contribution in [0, 0.1) is 17.0 Å². The number of non-ortho nitro benzene ring substituents is 1. The molecular weight excluding hydrogens is 300 g/mol. The maximum Gasteiger partial charge on any atom is 0.308 e. The molecule has 0 aromatic heterocycles. The second-order valence-corrected chi connectivity index (χ2v) is 4.83. The summed E-state index contributed by atoms with van der Waals surface area (Å²) in [6.45, 7) is 2.99. The van der Waals surface area contributed by atoms with Crippen LogP contribution < -0.4 is 10.1 Å². The lowest BCUT2D eigenvalue weighted by atomic mass is 10.1. The number of benzene rings is 2. The molecule has 0 heterocycles. The quantitative estimate of drug-likeness (QED) is 0.404. The Kier molecular flexibility index (Phi) is 4.70. The van der Waals surface area contributed by atoms with E-state index in [0.717, 1.165) is 0 Å². The van der Waals surface area contributed by atoms with Gasteiger partial charge >= 0.3 is 5.97 Å². The van der Waals surface area contributed by atoms with Crippen LogP contribution in [0.5, 0.6) is 5.75 Å². The molecular formula is C16H14N2O5. The van der Waals surface area contributed by atoms with Crippen LogP contribution in [0.2, 0.25) is 0 Å². The molecule has 7 heteroatoms. The van der Waals surface area contributed by atoms with Gasteiger partial charge in [0.1, 0.15) is 5.75 Å². The molecule has 0 saturated carbocycles. The van der Waals surface area contributed by atoms with Crippen LogP contribution in [0.4, 0.5) is 11.4 Å². The van der Waals surface area contributed by atoms with Gasteiger partial charge in [-0.25, -0.2) is 0 Å². The van der Waals surface area contributed by atoms with E-state index >= 15 is 0 Å². The van der Waals surface area contributed by atoms with Crippen LogP contribution in [0.15, 0.2) is 42.5 Å². The highest BCUT2D eigenvalue weighted by molar-refractivity contribution is 6.05. The fourth-order valence-electron chi connectivity index (χ4n) is 1.94. The maximum atomic E-state index is 12.3. The zero-order valence-corrected chi connectivity index (χ0v) is 12.5. The summed E-state index contributed by atoms with van der Waals surface area (Å²) >= 11 is 0. The Bertz CT molecular complexity index is 769. The molecule has 0 aliphatic rings. The van der Waals surface area contributed by atoms with E-state index in [-0.39, 0.29) is 11.3 Å². The van der Waals surface area contributed by atoms with E-state index in [1.165, 1.54) is 37.3 Å². The Labute approximate surface area is 132 Å². The summed E-state index contributed by atoms with van der Waals surface area (Å²) in [5.74, 6) is -0.525. The first-order valence-corrected chi connectivity index (χ1v) is 6.71. The van der Waals surface area contributed by atoms with Crippen molar-refractivity contribution in [3.63, 3.8) is 0 Å². The van der Waals surface area contributed by atoms with E-state index in [0.29, 0.717) is 17.0 Å². The number of hydrogen-bond donors (Lipinski definition) is 1. The van der Waals surface area contributed by atoms with Crippen LogP contribution in [-0.4, -0.2) is 16.8 Å². The second kappa shape index (κ2) is 6.69. The number of esters is 1. The first-order valence-electron chi connectivity index (χ1n) is 6.71. The predicted octanol–water partition coefficient (Wildman–Crippen LogP) is 3.08. The van der Waals surface area contributed by atoms with Crippen LogP contribution in [0.1, 0.15) is 22.8 Å². The van der Waals surface area contributed by atoms with Crippen molar-refractivity contribution >= 4 is 23.3 Å². The highest BCUT2D eigenvalue weighted by Crippen LogP contribution is 2.20. The lowest BCUT2D eigenvalue weighted by Crippen LogP contribution is -2.13. The van der Waals surface area contributed by atoms with E-state index in [1.807, 2.05) is 0 Å². The summed E-state index contributed by atoms with van der Waals surface area (Å²) < 4.78 is 4.89. The van der Waals surface area contributed by atoms with E-state index in [4.69, 9.17) is 4.74 Å². The third-order valence-electron chi connectivity index (χ3n) is 3.05. The van der Waals surface area contributed by atoms with Crippen molar-refractivity contribution < 1.29 is 19.2 Å². The van der Waals surface area contributed by atoms with Gasteiger partial charge in [0.25, 0.3) is 11.6 Å². The smallest absolute Gasteiger partial charge is 0.308 e. The first-order chi connectivity index (χ1) is 10.9. The normalized spacial score (nSPS) is 10.0. The number of nitrogens with zero attached hydrogens (tertiary/aromatic N) is 1. The summed E-state index contributed by atoms with van der Waals surface area (Å²) in [7, 11) is 0. The standard InChI is InChI=1S/C16H14N2O5/c1-10-3-6-13(18(21)22)9-15(10)16(20)17-12-4-7-14(8-5-12)23-11(2)19/h3-9H,1-2H3,(H,17,20). The second-order valence-electron chi connectivity index (χ2n) is 4.83. The zero-order valence-electron chi connectivity index (χ0n) is 12.5. The Hall–Kier alpha value is -3.22. The topological polar surface area (TPSA) is 98.5 Å². The van der Waals surface area contributed by atoms with Gasteiger partial charge in [-0.3, -0.25) is 19.7 Å². The molecule has 0 aliphatic carbocycles. The Morgan fingerprint density at radius 3 is 2.35 bits per heavy atom. The Balaban J connectivity index is 2.17. The highest BCUT2D eigenvalue weighted by atomic mass is 16.6. The molecule has 0 bridgehead atoms. The molecule has 0 unspecified atom stereocenters. The van der Waals surface area contributed by atoms with E-state index < -0.39 is 16.8 Å². The van der Waals surface area contributed by atoms with Crippen molar-refractivity contribution in [1.82, 2.24) is 0 Å². The van der Waals surface area contributed by atoms with Gasteiger partial charge in [-0.1, -0.05) is 6.07 Å². The summed E-state index contributed by atoms with van der Waals surface area (Å²) in [4.78, 5) is 33.3. The number of aryl methyl sites for hydroxylation is 1. The molecule has 2 rings (SSSR count). The number of hydrogen-bond acceptors (Lipinski definition) is 5. The van der Waals surface area contributed by atoms with Crippen molar-refractivity contribution in [2.75, 3.05) is 5.32 Å². The summed E-state index contributed by atoms with van der Waals surface area (Å²) in [5.41, 5.74) is 1.19. The molecule has 0 saturated heterocycles. The van der Waals surface area contributed by atoms with Crippen molar-refractivity contribution in [2.24, 2.45) is 0 Å². The molecule has 2 aromatic rings. The minimum absolute atomic E-state index is 0.147. The fourth-order valence-corrected chi connectivity index (χ4v) is 1.94. The minimum Gasteiger partial charge on any atom is -0.427 e. The number of carbonyl (C=O) groups excluding carboxylic acids is 2. The van der Waals surface area contributed by atoms with E-state index in [9.17, 15) is 19.7 Å². The predicted molar refractivity (Wildman–Crippen MR) is 83.5 cm³/mol. The molecule has 0 aliphatic heterocycles. The minimum atomic E-state index is -0.551. The molecule has 0 atom stereocenters. The summed E-state index contributed by atoms with van der Waals surface area (Å²) in [6.07, 6.45) is 0. The lowest BCUT2D eigenvalue weighted by Gasteiger charge is -2.08. The van der Waals surface area contributed by atoms with Gasteiger partial charge in [-0.15, -0.1) is 0 Å². The molecule has 1 amide bonds. The van der Waals surface area contributed by atoms with Crippen LogP contribution in [0.3, 0.4) is 0 Å². The Morgan fingerprint density at radius 1 is 1.13 bits per heavy atom. The van der Waals surface area contributed by atoms with Crippen LogP contribution >= 0.6 is 0 Å². The number of nitro groups is 1. The van der Waals surface area contributed by atoms with Crippen LogP contribution in [0.25, 0.3) is 0 Å². The summed E-state index contributed by atoms with van der Waals surface area (Å²) in [5, 5.41) is 13.4. The monoisotopic (exact) mass is 314 g/mol. The molecule has 0 radical (unpaired) electrons. The van der Waals surface area contributed by atoms with E-state index in [1.54, 1.807) is 19.1 Å². The molecule has 23 heavy (non-hydrogen) atoms. The highest BCUT2D eigenvalue weighted by Gasteiger charge is 2.15. The third kappa shape index (κ3) is 4.13. The largest absolute Gasteiger partial charge is 0.427 e. The van der Waals surface area contributed by atoms with E-state index in [2.05, 4.69) is 5.32 Å². The van der Waals surface area contributed by atoms with Gasteiger partial charge in [0.05, 0.1) is 4.92 Å². The molecule has 0 spiro atoms. The first kappa shape index (κ1) is 16.2. The average molecular weight is 314 g/mol. The molecule has 2 aromatic carbocycles.